The van der Waals surface area contributed by atoms with Crippen LogP contribution in [0.3, 0.4) is 0 Å². The van der Waals surface area contributed by atoms with Gasteiger partial charge in [-0.05, 0) is 0 Å². The van der Waals surface area contributed by atoms with E-state index in [1.165, 1.54) is 0 Å². The third-order valence-electron chi connectivity index (χ3n) is 0. The van der Waals surface area contributed by atoms with Crippen molar-refractivity contribution in [3.63, 3.8) is 0 Å². The van der Waals surface area contributed by atoms with Gasteiger partial charge in [0.1, 0.15) is 0 Å². The Bertz CT molecular complexity index is 25.9. The predicted octanol–water partition coefficient (Wildman–Crippen LogP) is 1.21. The predicted molar refractivity (Wildman–Crippen MR) is 25.3 cm³/mol. The summed E-state index contributed by atoms with van der Waals surface area (Å²) in [6.07, 6.45) is 0. The van der Waals surface area contributed by atoms with Crippen LogP contribution in [-0.2, 0) is 28.8 Å². The molecule has 0 fully saturated rings. The van der Waals surface area contributed by atoms with Crippen molar-refractivity contribution in [1.82, 2.24) is 0 Å². The van der Waals surface area contributed by atoms with Crippen molar-refractivity contribution in [2.75, 3.05) is 0 Å². The van der Waals surface area contributed by atoms with Gasteiger partial charge in [-0.2, -0.15) is 6.92 Å². The summed E-state index contributed by atoms with van der Waals surface area (Å²) < 4.78 is 15.0. The maximum Gasteiger partial charge on any atom is 2.00 e. The van der Waals surface area contributed by atoms with E-state index in [-0.39, 0.29) is 26.9 Å². The van der Waals surface area contributed by atoms with Gasteiger partial charge >= 0.3 is 42.1 Å². The minimum absolute atomic E-state index is 0. The first-order valence-electron chi connectivity index (χ1n) is 1.12. The van der Waals surface area contributed by atoms with Crippen molar-refractivity contribution in [3.8, 4) is 0 Å². The van der Waals surface area contributed by atoms with E-state index >= 15 is 0 Å². The van der Waals surface area contributed by atoms with Crippen molar-refractivity contribution in [3.05, 3.63) is 27.7 Å². The minimum atomic E-state index is 0. The van der Waals surface area contributed by atoms with Gasteiger partial charge in [0, 0.05) is 0 Å². The first-order valence-corrected chi connectivity index (χ1v) is 1.12. The summed E-state index contributed by atoms with van der Waals surface area (Å²) in [5.41, 5.74) is 0. The quantitative estimate of drug-likeness (QED) is 0.321. The molecule has 0 aromatic heterocycles. The SMILES string of the molecule is [C-]#[O+].[C-]#[O+].[CH2-]C.[CH3-].[Ru+2]. The van der Waals surface area contributed by atoms with Crippen LogP contribution in [-0.4, -0.2) is 0 Å². The molecule has 0 aliphatic heterocycles. The molecule has 0 aromatic rings. The Labute approximate surface area is 63.9 Å². The molecule has 0 aromatic carbocycles. The molecule has 0 aliphatic carbocycles. The van der Waals surface area contributed by atoms with Gasteiger partial charge in [-0.3, -0.25) is 0 Å². The van der Waals surface area contributed by atoms with Crippen LogP contribution in [0.15, 0.2) is 0 Å². The molecule has 0 unspecified atom stereocenters. The van der Waals surface area contributed by atoms with Gasteiger partial charge in [-0.15, -0.1) is 0 Å². The van der Waals surface area contributed by atoms with Gasteiger partial charge in [0.25, 0.3) is 0 Å². The molecule has 0 spiro atoms. The zero-order chi connectivity index (χ0) is 6.00. The van der Waals surface area contributed by atoms with Gasteiger partial charge in [-0.1, -0.05) is 0 Å². The van der Waals surface area contributed by atoms with Crippen molar-refractivity contribution < 1.29 is 28.8 Å². The molecule has 0 rings (SSSR count). The normalized spacial score (nSPS) is 1.25. The van der Waals surface area contributed by atoms with E-state index in [1.807, 2.05) is 0 Å². The Balaban J connectivity index is -0.00000000500. The summed E-state index contributed by atoms with van der Waals surface area (Å²) in [4.78, 5) is 0. The number of hydrogen-bond acceptors (Lipinski definition) is 0. The van der Waals surface area contributed by atoms with Crippen LogP contribution in [0.1, 0.15) is 6.92 Å². The van der Waals surface area contributed by atoms with Crippen molar-refractivity contribution in [1.29, 1.82) is 0 Å². The Morgan fingerprint density at radius 3 is 1.00 bits per heavy atom. The molecule has 0 amide bonds. The molecule has 8 heavy (non-hydrogen) atoms. The number of hydrogen-bond donors (Lipinski definition) is 0. The van der Waals surface area contributed by atoms with Gasteiger partial charge in [0.15, 0.2) is 0 Å². The Morgan fingerprint density at radius 2 is 1.00 bits per heavy atom. The third kappa shape index (κ3) is 14900. The van der Waals surface area contributed by atoms with Crippen molar-refractivity contribution in [2.45, 2.75) is 6.92 Å². The van der Waals surface area contributed by atoms with E-state index < -0.39 is 0 Å². The van der Waals surface area contributed by atoms with Gasteiger partial charge in [-0.25, -0.2) is 0 Å². The van der Waals surface area contributed by atoms with Crippen LogP contribution in [0.2, 0.25) is 0 Å². The molecule has 0 aliphatic rings. The van der Waals surface area contributed by atoms with Crippen LogP contribution in [0.4, 0.5) is 0 Å². The molecule has 0 atom stereocenters. The minimum Gasteiger partial charge on any atom is -0.358 e. The second-order valence-electron chi connectivity index (χ2n) is 0. The molecule has 0 bridgehead atoms. The van der Waals surface area contributed by atoms with Crippen LogP contribution in [0, 0.1) is 27.7 Å². The average molecular weight is 201 g/mol. The zero-order valence-electron chi connectivity index (χ0n) is 4.88. The van der Waals surface area contributed by atoms with Crippen LogP contribution >= 0.6 is 0 Å². The fourth-order valence-corrected chi connectivity index (χ4v) is 0. The maximum absolute atomic E-state index is 7.50. The first-order chi connectivity index (χ1) is 3.00. The van der Waals surface area contributed by atoms with E-state index in [2.05, 4.69) is 20.2 Å². The summed E-state index contributed by atoms with van der Waals surface area (Å²) in [6.45, 7) is 14.0. The summed E-state index contributed by atoms with van der Waals surface area (Å²) in [7, 11) is 0. The molecule has 0 saturated heterocycles. The fraction of sp³-hybridized carbons (Fsp3) is 0.200. The third-order valence-corrected chi connectivity index (χ3v) is 0. The van der Waals surface area contributed by atoms with E-state index in [9.17, 15) is 0 Å². The standard InChI is InChI=1S/C2H5.2CO.CH3.Ru/c3*1-2;;/h1H2,2H3;;;1H3;/q-1;;;-1;+2. The molecular weight excluding hydrogens is 193 g/mol. The average Bonchev–Trinajstić information content (AvgIpc) is 1.81. The van der Waals surface area contributed by atoms with Crippen LogP contribution < -0.4 is 0 Å². The molecule has 0 radical (unpaired) electrons. The summed E-state index contributed by atoms with van der Waals surface area (Å²) in [6, 6.07) is 0. The van der Waals surface area contributed by atoms with E-state index in [4.69, 9.17) is 9.30 Å². The summed E-state index contributed by atoms with van der Waals surface area (Å²) in [5.74, 6) is 0. The Kier molecular flexibility index (Phi) is 131000. The molecule has 48 valence electrons. The van der Waals surface area contributed by atoms with Crippen LogP contribution in [0.25, 0.3) is 0 Å². The van der Waals surface area contributed by atoms with Gasteiger partial charge < -0.3 is 14.4 Å². The molecule has 3 heteroatoms. The fourth-order valence-electron chi connectivity index (χ4n) is 0. The largest absolute Gasteiger partial charge is 2.00 e. The smallest absolute Gasteiger partial charge is 0.358 e. The zero-order valence-corrected chi connectivity index (χ0v) is 6.62. The first kappa shape index (κ1) is 42.5. The molecule has 2 nitrogen and oxygen atoms in total. The molecule has 0 N–H and O–H groups in total. The monoisotopic (exact) mass is 202 g/mol. The topological polar surface area (TPSA) is 39.8 Å². The number of rotatable bonds is 0. The van der Waals surface area contributed by atoms with Crippen molar-refractivity contribution in [2.24, 2.45) is 0 Å². The van der Waals surface area contributed by atoms with E-state index in [0.29, 0.717) is 0 Å². The second-order valence-corrected chi connectivity index (χ2v) is 0. The molecule has 0 heterocycles. The summed E-state index contributed by atoms with van der Waals surface area (Å²) >= 11 is 0. The Hall–Kier alpha value is 0.103. The van der Waals surface area contributed by atoms with Gasteiger partial charge in [0.05, 0.1) is 0 Å². The molecule has 0 saturated carbocycles. The van der Waals surface area contributed by atoms with Crippen molar-refractivity contribution >= 4 is 0 Å². The van der Waals surface area contributed by atoms with E-state index in [1.54, 1.807) is 6.92 Å². The second kappa shape index (κ2) is 24800. The van der Waals surface area contributed by atoms with Crippen LogP contribution in [0.5, 0.6) is 0 Å². The van der Waals surface area contributed by atoms with E-state index in [0.717, 1.165) is 0 Å². The maximum atomic E-state index is 7.50. The summed E-state index contributed by atoms with van der Waals surface area (Å²) in [5, 5.41) is 0. The molecular formula is C5H8O2Ru. The van der Waals surface area contributed by atoms with Gasteiger partial charge in [0.2, 0.25) is 0 Å². The Morgan fingerprint density at radius 1 is 1.00 bits per heavy atom.